The average molecular weight is 220 g/mol. The Kier molecular flexibility index (Phi) is 2.97. The number of rotatable bonds is 2. The normalized spacial score (nSPS) is 12.4. The van der Waals surface area contributed by atoms with Crippen LogP contribution in [0.1, 0.15) is 17.2 Å². The maximum atomic E-state index is 12.9. The summed E-state index contributed by atoms with van der Waals surface area (Å²) in [5.41, 5.74) is 0.985. The minimum atomic E-state index is -0.934. The lowest BCUT2D eigenvalue weighted by Gasteiger charge is -2.11. The van der Waals surface area contributed by atoms with E-state index >= 15 is 0 Å². The summed E-state index contributed by atoms with van der Waals surface area (Å²) in [6, 6.07) is 11.2. The van der Waals surface area contributed by atoms with E-state index < -0.39 is 11.9 Å². The smallest absolute Gasteiger partial charge is 0.123 e. The fourth-order valence-electron chi connectivity index (χ4n) is 1.51. The maximum Gasteiger partial charge on any atom is 0.123 e. The second-order valence-electron chi connectivity index (χ2n) is 3.51. The van der Waals surface area contributed by atoms with Crippen molar-refractivity contribution >= 4 is 0 Å². The largest absolute Gasteiger partial charge is 0.384 e. The van der Waals surface area contributed by atoms with Gasteiger partial charge in [-0.25, -0.2) is 8.78 Å². The summed E-state index contributed by atoms with van der Waals surface area (Å²) in [6.45, 7) is 0. The van der Waals surface area contributed by atoms with Crippen LogP contribution in [0.25, 0.3) is 0 Å². The third kappa shape index (κ3) is 2.25. The Labute approximate surface area is 92.0 Å². The van der Waals surface area contributed by atoms with Crippen molar-refractivity contribution < 1.29 is 13.9 Å². The van der Waals surface area contributed by atoms with Crippen molar-refractivity contribution in [2.24, 2.45) is 0 Å². The Morgan fingerprint density at radius 3 is 2.12 bits per heavy atom. The van der Waals surface area contributed by atoms with Gasteiger partial charge in [0.1, 0.15) is 17.7 Å². The number of benzene rings is 2. The molecule has 0 radical (unpaired) electrons. The first kappa shape index (κ1) is 10.8. The van der Waals surface area contributed by atoms with Gasteiger partial charge in [0.25, 0.3) is 0 Å². The van der Waals surface area contributed by atoms with Crippen molar-refractivity contribution in [1.29, 1.82) is 0 Å². The molecule has 1 unspecified atom stereocenters. The number of halogens is 2. The first-order valence-electron chi connectivity index (χ1n) is 4.86. The Bertz CT molecular complexity index is 480. The van der Waals surface area contributed by atoms with E-state index in [-0.39, 0.29) is 5.82 Å². The molecule has 1 nitrogen and oxygen atoms in total. The predicted octanol–water partition coefficient (Wildman–Crippen LogP) is 3.05. The Balaban J connectivity index is 2.31. The third-order valence-corrected chi connectivity index (χ3v) is 2.35. The van der Waals surface area contributed by atoms with Gasteiger partial charge < -0.3 is 5.11 Å². The summed E-state index contributed by atoms with van der Waals surface area (Å²) >= 11 is 0. The Morgan fingerprint density at radius 1 is 0.812 bits per heavy atom. The van der Waals surface area contributed by atoms with E-state index in [1.807, 2.05) is 0 Å². The highest BCUT2D eigenvalue weighted by Crippen LogP contribution is 2.22. The molecule has 0 saturated carbocycles. The van der Waals surface area contributed by atoms with Gasteiger partial charge in [0.05, 0.1) is 0 Å². The van der Waals surface area contributed by atoms with E-state index in [1.165, 1.54) is 42.5 Å². The van der Waals surface area contributed by atoms with Crippen LogP contribution in [0, 0.1) is 11.6 Å². The fraction of sp³-hybridized carbons (Fsp3) is 0.0769. The van der Waals surface area contributed by atoms with Crippen molar-refractivity contribution in [3.8, 4) is 0 Å². The lowest BCUT2D eigenvalue weighted by Crippen LogP contribution is -1.99. The van der Waals surface area contributed by atoms with Crippen LogP contribution in [0.4, 0.5) is 8.78 Å². The van der Waals surface area contributed by atoms with Crippen molar-refractivity contribution in [3.05, 3.63) is 71.3 Å². The standard InChI is InChI=1S/C13H10F2O/c14-11-6-4-9(5-7-11)13(16)10-2-1-3-12(15)8-10/h1-8,13,16H. The molecular weight excluding hydrogens is 210 g/mol. The molecule has 2 aromatic rings. The lowest BCUT2D eigenvalue weighted by molar-refractivity contribution is 0.219. The highest BCUT2D eigenvalue weighted by molar-refractivity contribution is 5.30. The topological polar surface area (TPSA) is 20.2 Å². The number of hydrogen-bond donors (Lipinski definition) is 1. The molecule has 0 aliphatic carbocycles. The fourth-order valence-corrected chi connectivity index (χ4v) is 1.51. The lowest BCUT2D eigenvalue weighted by atomic mass is 10.0. The summed E-state index contributed by atoms with van der Waals surface area (Å²) in [5, 5.41) is 9.92. The number of hydrogen-bond acceptors (Lipinski definition) is 1. The van der Waals surface area contributed by atoms with Gasteiger partial charge in [-0.1, -0.05) is 24.3 Å². The van der Waals surface area contributed by atoms with Crippen LogP contribution in [-0.4, -0.2) is 5.11 Å². The van der Waals surface area contributed by atoms with E-state index in [0.29, 0.717) is 11.1 Å². The van der Waals surface area contributed by atoms with Crippen LogP contribution >= 0.6 is 0 Å². The average Bonchev–Trinajstić information content (AvgIpc) is 2.29. The SMILES string of the molecule is OC(c1ccc(F)cc1)c1cccc(F)c1. The molecule has 0 spiro atoms. The molecular formula is C13H10F2O. The van der Waals surface area contributed by atoms with E-state index in [9.17, 15) is 13.9 Å². The highest BCUT2D eigenvalue weighted by Gasteiger charge is 2.10. The molecule has 3 heteroatoms. The zero-order valence-corrected chi connectivity index (χ0v) is 8.40. The van der Waals surface area contributed by atoms with Crippen LogP contribution < -0.4 is 0 Å². The van der Waals surface area contributed by atoms with E-state index in [2.05, 4.69) is 0 Å². The van der Waals surface area contributed by atoms with Gasteiger partial charge in [0.2, 0.25) is 0 Å². The molecule has 1 atom stereocenters. The Hall–Kier alpha value is -1.74. The van der Waals surface area contributed by atoms with Gasteiger partial charge >= 0.3 is 0 Å². The molecule has 82 valence electrons. The molecule has 0 bridgehead atoms. The molecule has 0 saturated heterocycles. The van der Waals surface area contributed by atoms with E-state index in [4.69, 9.17) is 0 Å². The first-order chi connectivity index (χ1) is 7.66. The van der Waals surface area contributed by atoms with Gasteiger partial charge in [0.15, 0.2) is 0 Å². The summed E-state index contributed by atoms with van der Waals surface area (Å²) in [5.74, 6) is -0.770. The molecule has 1 N–H and O–H groups in total. The van der Waals surface area contributed by atoms with Crippen LogP contribution in [0.15, 0.2) is 48.5 Å². The number of aliphatic hydroxyl groups excluding tert-OH is 1. The third-order valence-electron chi connectivity index (χ3n) is 2.35. The van der Waals surface area contributed by atoms with Crippen LogP contribution in [-0.2, 0) is 0 Å². The van der Waals surface area contributed by atoms with Gasteiger partial charge in [0, 0.05) is 0 Å². The highest BCUT2D eigenvalue weighted by atomic mass is 19.1. The van der Waals surface area contributed by atoms with Crippen molar-refractivity contribution in [2.45, 2.75) is 6.10 Å². The summed E-state index contributed by atoms with van der Waals surface area (Å²) in [6.07, 6.45) is -0.934. The molecule has 2 aromatic carbocycles. The van der Waals surface area contributed by atoms with Crippen molar-refractivity contribution in [1.82, 2.24) is 0 Å². The van der Waals surface area contributed by atoms with E-state index in [1.54, 1.807) is 6.07 Å². The molecule has 2 rings (SSSR count). The molecule has 0 aliphatic rings. The van der Waals surface area contributed by atoms with Crippen molar-refractivity contribution in [3.63, 3.8) is 0 Å². The summed E-state index contributed by atoms with van der Waals surface area (Å²) in [7, 11) is 0. The van der Waals surface area contributed by atoms with Gasteiger partial charge in [-0.3, -0.25) is 0 Å². The molecule has 0 amide bonds. The van der Waals surface area contributed by atoms with Gasteiger partial charge in [-0.15, -0.1) is 0 Å². The zero-order valence-electron chi connectivity index (χ0n) is 8.40. The molecule has 0 aliphatic heterocycles. The minimum Gasteiger partial charge on any atom is -0.384 e. The minimum absolute atomic E-state index is 0.366. The zero-order chi connectivity index (χ0) is 11.5. The van der Waals surface area contributed by atoms with Crippen molar-refractivity contribution in [2.75, 3.05) is 0 Å². The van der Waals surface area contributed by atoms with Crippen LogP contribution in [0.2, 0.25) is 0 Å². The predicted molar refractivity (Wildman–Crippen MR) is 56.9 cm³/mol. The summed E-state index contributed by atoms with van der Waals surface area (Å²) in [4.78, 5) is 0. The van der Waals surface area contributed by atoms with Crippen LogP contribution in [0.3, 0.4) is 0 Å². The van der Waals surface area contributed by atoms with Crippen LogP contribution in [0.5, 0.6) is 0 Å². The molecule has 0 aromatic heterocycles. The number of aliphatic hydroxyl groups is 1. The molecule has 0 heterocycles. The van der Waals surface area contributed by atoms with Gasteiger partial charge in [-0.2, -0.15) is 0 Å². The molecule has 16 heavy (non-hydrogen) atoms. The quantitative estimate of drug-likeness (QED) is 0.824. The second-order valence-corrected chi connectivity index (χ2v) is 3.51. The Morgan fingerprint density at radius 2 is 1.50 bits per heavy atom. The second kappa shape index (κ2) is 4.41. The van der Waals surface area contributed by atoms with E-state index in [0.717, 1.165) is 0 Å². The monoisotopic (exact) mass is 220 g/mol. The first-order valence-corrected chi connectivity index (χ1v) is 4.86. The van der Waals surface area contributed by atoms with Gasteiger partial charge in [-0.05, 0) is 35.4 Å². The molecule has 0 fully saturated rings. The maximum absolute atomic E-state index is 12.9. The summed E-state index contributed by atoms with van der Waals surface area (Å²) < 4.78 is 25.6.